The number of hydrogen-bond donors (Lipinski definition) is 2. The molecule has 3 nitrogen and oxygen atoms in total. The van der Waals surface area contributed by atoms with Crippen LogP contribution in [0.4, 0.5) is 5.69 Å². The molecule has 0 spiro atoms. The van der Waals surface area contributed by atoms with Gasteiger partial charge < -0.3 is 10.6 Å². The summed E-state index contributed by atoms with van der Waals surface area (Å²) in [6, 6.07) is 16.0. The molecule has 1 heterocycles. The van der Waals surface area contributed by atoms with Gasteiger partial charge in [-0.15, -0.1) is 11.8 Å². The molecule has 3 rings (SSSR count). The molecule has 1 atom stereocenters. The molecule has 2 aromatic rings. The Hall–Kier alpha value is -1.78. The Morgan fingerprint density at radius 3 is 2.57 bits per heavy atom. The summed E-state index contributed by atoms with van der Waals surface area (Å²) >= 11 is 1.69. The van der Waals surface area contributed by atoms with Crippen molar-refractivity contribution in [3.63, 3.8) is 0 Å². The maximum atomic E-state index is 12.4. The Kier molecular flexibility index (Phi) is 4.27. The van der Waals surface area contributed by atoms with Gasteiger partial charge in [-0.1, -0.05) is 24.3 Å². The van der Waals surface area contributed by atoms with E-state index in [9.17, 15) is 4.79 Å². The zero-order valence-electron chi connectivity index (χ0n) is 11.9. The second kappa shape index (κ2) is 6.33. The van der Waals surface area contributed by atoms with E-state index in [-0.39, 0.29) is 11.9 Å². The second-order valence-corrected chi connectivity index (χ2v) is 6.00. The molecule has 0 saturated carbocycles. The van der Waals surface area contributed by atoms with Crippen LogP contribution in [-0.4, -0.2) is 18.2 Å². The van der Waals surface area contributed by atoms with Crippen LogP contribution in [0.1, 0.15) is 11.1 Å². The normalized spacial score (nSPS) is 17.1. The number of fused-ring (bicyclic) bond motifs is 1. The summed E-state index contributed by atoms with van der Waals surface area (Å²) in [6.07, 6.45) is 2.78. The molecule has 108 valence electrons. The number of thioether (sulfide) groups is 1. The van der Waals surface area contributed by atoms with Crippen molar-refractivity contribution in [1.29, 1.82) is 0 Å². The van der Waals surface area contributed by atoms with Crippen LogP contribution < -0.4 is 10.6 Å². The van der Waals surface area contributed by atoms with Crippen LogP contribution in [-0.2, 0) is 17.8 Å². The number of amides is 1. The van der Waals surface area contributed by atoms with Gasteiger partial charge in [-0.05, 0) is 48.1 Å². The molecule has 0 aliphatic carbocycles. The van der Waals surface area contributed by atoms with E-state index in [2.05, 4.69) is 22.8 Å². The highest BCUT2D eigenvalue weighted by molar-refractivity contribution is 7.98. The highest BCUT2D eigenvalue weighted by Crippen LogP contribution is 2.19. The predicted molar refractivity (Wildman–Crippen MR) is 87.6 cm³/mol. The highest BCUT2D eigenvalue weighted by Gasteiger charge is 2.23. The average molecular weight is 298 g/mol. The van der Waals surface area contributed by atoms with E-state index in [1.165, 1.54) is 16.0 Å². The molecular formula is C17H18N2OS. The minimum atomic E-state index is -0.167. The molecule has 4 heteroatoms. The summed E-state index contributed by atoms with van der Waals surface area (Å²) in [5.74, 6) is 0.0291. The highest BCUT2D eigenvalue weighted by atomic mass is 32.2. The summed E-state index contributed by atoms with van der Waals surface area (Å²) in [5, 5.41) is 6.28. The molecule has 0 saturated heterocycles. The van der Waals surface area contributed by atoms with Gasteiger partial charge in [-0.25, -0.2) is 0 Å². The molecule has 0 fully saturated rings. The molecular weight excluding hydrogens is 280 g/mol. The summed E-state index contributed by atoms with van der Waals surface area (Å²) in [7, 11) is 0. The topological polar surface area (TPSA) is 41.1 Å². The maximum Gasteiger partial charge on any atom is 0.241 e. The first-order chi connectivity index (χ1) is 10.3. The van der Waals surface area contributed by atoms with Crippen LogP contribution in [0.15, 0.2) is 53.4 Å². The van der Waals surface area contributed by atoms with E-state index in [1.807, 2.05) is 42.7 Å². The molecule has 2 aromatic carbocycles. The van der Waals surface area contributed by atoms with Crippen molar-refractivity contribution in [3.8, 4) is 0 Å². The minimum Gasteiger partial charge on any atom is -0.325 e. The number of benzene rings is 2. The summed E-state index contributed by atoms with van der Waals surface area (Å²) < 4.78 is 0. The third kappa shape index (κ3) is 3.28. The molecule has 1 aliphatic heterocycles. The van der Waals surface area contributed by atoms with Gasteiger partial charge in [0, 0.05) is 17.1 Å². The molecule has 0 bridgehead atoms. The summed E-state index contributed by atoms with van der Waals surface area (Å²) in [4.78, 5) is 13.5. The summed E-state index contributed by atoms with van der Waals surface area (Å²) in [5.41, 5.74) is 3.39. The van der Waals surface area contributed by atoms with Crippen LogP contribution >= 0.6 is 11.8 Å². The Morgan fingerprint density at radius 2 is 1.86 bits per heavy atom. The lowest BCUT2D eigenvalue weighted by atomic mass is 9.95. The lowest BCUT2D eigenvalue weighted by molar-refractivity contribution is -0.118. The Morgan fingerprint density at radius 1 is 1.14 bits per heavy atom. The SMILES string of the molecule is CSc1ccc(NC(=O)C2Cc3ccccc3CN2)cc1. The molecule has 1 aliphatic rings. The third-order valence-corrected chi connectivity index (χ3v) is 4.50. The van der Waals surface area contributed by atoms with E-state index in [4.69, 9.17) is 0 Å². The van der Waals surface area contributed by atoms with Crippen molar-refractivity contribution in [2.75, 3.05) is 11.6 Å². The van der Waals surface area contributed by atoms with Crippen LogP contribution in [0.3, 0.4) is 0 Å². The Balaban J connectivity index is 1.66. The molecule has 1 unspecified atom stereocenters. The number of hydrogen-bond acceptors (Lipinski definition) is 3. The first kappa shape index (κ1) is 14.2. The van der Waals surface area contributed by atoms with Crippen molar-refractivity contribution in [2.45, 2.75) is 23.9 Å². The zero-order chi connectivity index (χ0) is 14.7. The lowest BCUT2D eigenvalue weighted by Crippen LogP contribution is -2.44. The lowest BCUT2D eigenvalue weighted by Gasteiger charge is -2.25. The van der Waals surface area contributed by atoms with E-state index in [0.717, 1.165) is 18.7 Å². The van der Waals surface area contributed by atoms with Crippen molar-refractivity contribution >= 4 is 23.4 Å². The minimum absolute atomic E-state index is 0.0291. The van der Waals surface area contributed by atoms with Gasteiger partial charge in [0.1, 0.15) is 0 Å². The number of rotatable bonds is 3. The quantitative estimate of drug-likeness (QED) is 0.856. The smallest absolute Gasteiger partial charge is 0.241 e. The van der Waals surface area contributed by atoms with E-state index < -0.39 is 0 Å². The molecule has 0 aromatic heterocycles. The second-order valence-electron chi connectivity index (χ2n) is 5.12. The molecule has 1 amide bonds. The van der Waals surface area contributed by atoms with Crippen molar-refractivity contribution in [2.24, 2.45) is 0 Å². The fraction of sp³-hybridized carbons (Fsp3) is 0.235. The van der Waals surface area contributed by atoms with Gasteiger partial charge in [-0.3, -0.25) is 4.79 Å². The van der Waals surface area contributed by atoms with E-state index >= 15 is 0 Å². The molecule has 0 radical (unpaired) electrons. The molecule has 21 heavy (non-hydrogen) atoms. The fourth-order valence-corrected chi connectivity index (χ4v) is 2.95. The van der Waals surface area contributed by atoms with Gasteiger partial charge in [-0.2, -0.15) is 0 Å². The Labute approximate surface area is 129 Å². The third-order valence-electron chi connectivity index (χ3n) is 3.76. The maximum absolute atomic E-state index is 12.4. The van der Waals surface area contributed by atoms with E-state index in [0.29, 0.717) is 0 Å². The van der Waals surface area contributed by atoms with Crippen molar-refractivity contribution in [1.82, 2.24) is 5.32 Å². The van der Waals surface area contributed by atoms with Gasteiger partial charge in [0.25, 0.3) is 0 Å². The van der Waals surface area contributed by atoms with Crippen molar-refractivity contribution < 1.29 is 4.79 Å². The van der Waals surface area contributed by atoms with Crippen LogP contribution in [0.5, 0.6) is 0 Å². The first-order valence-corrected chi connectivity index (χ1v) is 8.24. The average Bonchev–Trinajstić information content (AvgIpc) is 2.55. The number of nitrogens with one attached hydrogen (secondary N) is 2. The summed E-state index contributed by atoms with van der Waals surface area (Å²) in [6.45, 7) is 0.750. The number of carbonyl (C=O) groups excluding carboxylic acids is 1. The first-order valence-electron chi connectivity index (χ1n) is 7.01. The van der Waals surface area contributed by atoms with Gasteiger partial charge in [0.05, 0.1) is 6.04 Å². The number of carbonyl (C=O) groups is 1. The standard InChI is InChI=1S/C17H18N2OS/c1-21-15-8-6-14(7-9-15)19-17(20)16-10-12-4-2-3-5-13(12)11-18-16/h2-9,16,18H,10-11H2,1H3,(H,19,20). The van der Waals surface area contributed by atoms with Crippen LogP contribution in [0, 0.1) is 0 Å². The van der Waals surface area contributed by atoms with Gasteiger partial charge >= 0.3 is 0 Å². The van der Waals surface area contributed by atoms with Gasteiger partial charge in [0.15, 0.2) is 0 Å². The zero-order valence-corrected chi connectivity index (χ0v) is 12.7. The monoisotopic (exact) mass is 298 g/mol. The van der Waals surface area contributed by atoms with E-state index in [1.54, 1.807) is 11.8 Å². The van der Waals surface area contributed by atoms with Gasteiger partial charge in [0.2, 0.25) is 5.91 Å². The fourth-order valence-electron chi connectivity index (χ4n) is 2.54. The largest absolute Gasteiger partial charge is 0.325 e. The predicted octanol–water partition coefficient (Wildman–Crippen LogP) is 3.06. The van der Waals surface area contributed by atoms with Crippen LogP contribution in [0.25, 0.3) is 0 Å². The Bertz CT molecular complexity index is 639. The van der Waals surface area contributed by atoms with Crippen LogP contribution in [0.2, 0.25) is 0 Å². The number of anilines is 1. The van der Waals surface area contributed by atoms with Crippen molar-refractivity contribution in [3.05, 3.63) is 59.7 Å². The molecule has 2 N–H and O–H groups in total.